The molecule has 0 radical (unpaired) electrons. The Morgan fingerprint density at radius 2 is 1.94 bits per heavy atom. The first-order valence-corrected chi connectivity index (χ1v) is 10.8. The van der Waals surface area contributed by atoms with Gasteiger partial charge in [-0.1, -0.05) is 23.7 Å². The number of rotatable bonds is 4. The third-order valence-electron chi connectivity index (χ3n) is 6.06. The van der Waals surface area contributed by atoms with Crippen LogP contribution in [0.1, 0.15) is 45.8 Å². The lowest BCUT2D eigenvalue weighted by molar-refractivity contribution is -0.134. The summed E-state index contributed by atoms with van der Waals surface area (Å²) in [5.74, 6) is 0.323. The molecule has 0 saturated carbocycles. The molecule has 0 N–H and O–H groups in total. The maximum atomic E-state index is 12.9. The molecule has 160 valence electrons. The minimum absolute atomic E-state index is 0.0153. The predicted molar refractivity (Wildman–Crippen MR) is 123 cm³/mol. The average Bonchev–Trinajstić information content (AvgIpc) is 2.75. The van der Waals surface area contributed by atoms with Crippen molar-refractivity contribution in [3.05, 3.63) is 75.9 Å². The van der Waals surface area contributed by atoms with Crippen LogP contribution in [-0.4, -0.2) is 47.2 Å². The normalized spacial score (nSPS) is 16.6. The largest absolute Gasteiger partial charge is 0.345 e. The summed E-state index contributed by atoms with van der Waals surface area (Å²) in [7, 11) is 3.48. The number of fused-ring (bicyclic) bond motifs is 1. The van der Waals surface area contributed by atoms with Crippen molar-refractivity contribution >= 4 is 34.3 Å². The fourth-order valence-electron chi connectivity index (χ4n) is 4.17. The quantitative estimate of drug-likeness (QED) is 0.591. The number of pyridine rings is 1. The van der Waals surface area contributed by atoms with E-state index in [0.29, 0.717) is 30.1 Å². The maximum Gasteiger partial charge on any atom is 0.253 e. The summed E-state index contributed by atoms with van der Waals surface area (Å²) in [6.07, 6.45) is 3.10. The Labute approximate surface area is 187 Å². The molecule has 3 aromatic rings. The molecule has 1 saturated heterocycles. The van der Waals surface area contributed by atoms with E-state index in [1.165, 1.54) is 0 Å². The van der Waals surface area contributed by atoms with Crippen LogP contribution in [-0.2, 0) is 11.3 Å². The molecule has 1 aliphatic rings. The monoisotopic (exact) mass is 435 g/mol. The highest BCUT2D eigenvalue weighted by Crippen LogP contribution is 2.31. The highest BCUT2D eigenvalue weighted by Gasteiger charge is 2.27. The number of carbonyl (C=O) groups excluding carboxylic acids is 2. The number of nitrogens with zero attached hydrogens (tertiary/aromatic N) is 3. The molecular weight excluding hydrogens is 410 g/mol. The molecule has 2 aromatic carbocycles. The third kappa shape index (κ3) is 4.42. The molecule has 1 unspecified atom stereocenters. The van der Waals surface area contributed by atoms with E-state index in [-0.39, 0.29) is 17.7 Å². The molecule has 0 bridgehead atoms. The summed E-state index contributed by atoms with van der Waals surface area (Å²) in [5.41, 5.74) is 4.86. The topological polar surface area (TPSA) is 53.5 Å². The third-order valence-corrected chi connectivity index (χ3v) is 6.39. The van der Waals surface area contributed by atoms with Crippen molar-refractivity contribution in [1.29, 1.82) is 0 Å². The van der Waals surface area contributed by atoms with Crippen molar-refractivity contribution in [2.24, 2.45) is 0 Å². The fraction of sp³-hybridized carbons (Fsp3) is 0.320. The van der Waals surface area contributed by atoms with Gasteiger partial charge in [-0.05, 0) is 66.3 Å². The van der Waals surface area contributed by atoms with Crippen LogP contribution in [0.5, 0.6) is 0 Å². The minimum atomic E-state index is -0.0153. The number of likely N-dealkylation sites (tertiary alicyclic amines) is 1. The molecule has 1 fully saturated rings. The van der Waals surface area contributed by atoms with Gasteiger partial charge in [0.2, 0.25) is 5.91 Å². The number of benzene rings is 2. The summed E-state index contributed by atoms with van der Waals surface area (Å²) in [6.45, 7) is 3.33. The van der Waals surface area contributed by atoms with E-state index in [0.717, 1.165) is 34.0 Å². The molecule has 31 heavy (non-hydrogen) atoms. The van der Waals surface area contributed by atoms with E-state index in [9.17, 15) is 9.59 Å². The standard InChI is InChI=1S/C25H26ClN3O2/c1-16-12-23-21(22(26)8-10-27-23)13-20(16)15-29-11-9-19(14-24(29)30)17-4-6-18(7-5-17)25(31)28(2)3/h4-8,10,12-13,19H,9,11,14-15H2,1-3H3. The van der Waals surface area contributed by atoms with Crippen LogP contribution in [0.4, 0.5) is 0 Å². The maximum absolute atomic E-state index is 12.9. The predicted octanol–water partition coefficient (Wildman–Crippen LogP) is 4.80. The second kappa shape index (κ2) is 8.67. The van der Waals surface area contributed by atoms with Gasteiger partial charge in [0.05, 0.1) is 10.5 Å². The number of aryl methyl sites for hydroxylation is 1. The van der Waals surface area contributed by atoms with Crippen LogP contribution in [0.25, 0.3) is 10.9 Å². The Morgan fingerprint density at radius 1 is 1.19 bits per heavy atom. The zero-order valence-electron chi connectivity index (χ0n) is 18.1. The summed E-state index contributed by atoms with van der Waals surface area (Å²) < 4.78 is 0. The molecule has 0 spiro atoms. The number of halogens is 1. The fourth-order valence-corrected chi connectivity index (χ4v) is 4.38. The first-order valence-electron chi connectivity index (χ1n) is 10.5. The van der Waals surface area contributed by atoms with Gasteiger partial charge in [-0.3, -0.25) is 14.6 Å². The Balaban J connectivity index is 1.46. The van der Waals surface area contributed by atoms with Crippen molar-refractivity contribution in [3.63, 3.8) is 0 Å². The van der Waals surface area contributed by atoms with Crippen LogP contribution < -0.4 is 0 Å². The summed E-state index contributed by atoms with van der Waals surface area (Å²) >= 11 is 6.34. The average molecular weight is 436 g/mol. The van der Waals surface area contributed by atoms with E-state index in [1.807, 2.05) is 42.2 Å². The van der Waals surface area contributed by atoms with E-state index in [1.54, 1.807) is 31.3 Å². The van der Waals surface area contributed by atoms with Gasteiger partial charge in [0.1, 0.15) is 0 Å². The highest BCUT2D eigenvalue weighted by atomic mass is 35.5. The number of hydrogen-bond donors (Lipinski definition) is 0. The zero-order valence-corrected chi connectivity index (χ0v) is 18.8. The van der Waals surface area contributed by atoms with Crippen molar-refractivity contribution in [1.82, 2.24) is 14.8 Å². The molecule has 4 rings (SSSR count). The summed E-state index contributed by atoms with van der Waals surface area (Å²) in [5, 5.41) is 1.59. The molecular formula is C25H26ClN3O2. The molecule has 6 heteroatoms. The lowest BCUT2D eigenvalue weighted by Gasteiger charge is -2.32. The Bertz CT molecular complexity index is 1140. The van der Waals surface area contributed by atoms with E-state index < -0.39 is 0 Å². The van der Waals surface area contributed by atoms with Crippen molar-refractivity contribution in [2.75, 3.05) is 20.6 Å². The molecule has 1 atom stereocenters. The number of amides is 2. The summed E-state index contributed by atoms with van der Waals surface area (Å²) in [6, 6.07) is 13.5. The number of aromatic nitrogens is 1. The number of piperidine rings is 1. The second-order valence-corrected chi connectivity index (χ2v) is 8.82. The number of hydrogen-bond acceptors (Lipinski definition) is 3. The van der Waals surface area contributed by atoms with Gasteiger partial charge in [-0.25, -0.2) is 0 Å². The van der Waals surface area contributed by atoms with Gasteiger partial charge < -0.3 is 9.80 Å². The number of carbonyl (C=O) groups is 2. The molecule has 2 amide bonds. The SMILES string of the molecule is Cc1cc2nccc(Cl)c2cc1CN1CCC(c2ccc(C(=O)N(C)C)cc2)CC1=O. The van der Waals surface area contributed by atoms with E-state index >= 15 is 0 Å². The summed E-state index contributed by atoms with van der Waals surface area (Å²) in [4.78, 5) is 32.9. The first-order chi connectivity index (χ1) is 14.8. The van der Waals surface area contributed by atoms with Crippen molar-refractivity contribution < 1.29 is 9.59 Å². The van der Waals surface area contributed by atoms with Crippen molar-refractivity contribution in [2.45, 2.75) is 32.2 Å². The molecule has 1 aliphatic heterocycles. The molecule has 0 aliphatic carbocycles. The lowest BCUT2D eigenvalue weighted by Crippen LogP contribution is -2.37. The highest BCUT2D eigenvalue weighted by molar-refractivity contribution is 6.35. The van der Waals surface area contributed by atoms with Crippen LogP contribution in [0.3, 0.4) is 0 Å². The van der Waals surface area contributed by atoms with Crippen molar-refractivity contribution in [3.8, 4) is 0 Å². The Kier molecular flexibility index (Phi) is 5.96. The van der Waals surface area contributed by atoms with E-state index in [2.05, 4.69) is 11.1 Å². The van der Waals surface area contributed by atoms with Crippen LogP contribution in [0.15, 0.2) is 48.7 Å². The van der Waals surface area contributed by atoms with Gasteiger partial charge >= 0.3 is 0 Å². The van der Waals surface area contributed by atoms with Gasteiger partial charge in [0, 0.05) is 50.8 Å². The van der Waals surface area contributed by atoms with Gasteiger partial charge in [-0.15, -0.1) is 0 Å². The lowest BCUT2D eigenvalue weighted by atomic mass is 9.88. The Morgan fingerprint density at radius 3 is 2.61 bits per heavy atom. The second-order valence-electron chi connectivity index (χ2n) is 8.42. The minimum Gasteiger partial charge on any atom is -0.345 e. The van der Waals surface area contributed by atoms with Gasteiger partial charge in [0.25, 0.3) is 5.91 Å². The van der Waals surface area contributed by atoms with Crippen LogP contribution in [0, 0.1) is 6.92 Å². The van der Waals surface area contributed by atoms with Crippen LogP contribution >= 0.6 is 11.6 Å². The first kappa shape index (κ1) is 21.3. The molecule has 1 aromatic heterocycles. The molecule has 5 nitrogen and oxygen atoms in total. The Hall–Kier alpha value is -2.92. The van der Waals surface area contributed by atoms with Crippen LogP contribution in [0.2, 0.25) is 5.02 Å². The van der Waals surface area contributed by atoms with Gasteiger partial charge in [-0.2, -0.15) is 0 Å². The van der Waals surface area contributed by atoms with Gasteiger partial charge in [0.15, 0.2) is 0 Å². The zero-order chi connectivity index (χ0) is 22.1. The smallest absolute Gasteiger partial charge is 0.253 e. The van der Waals surface area contributed by atoms with E-state index in [4.69, 9.17) is 11.6 Å². The molecule has 2 heterocycles.